The summed E-state index contributed by atoms with van der Waals surface area (Å²) in [6, 6.07) is 20.6. The highest BCUT2D eigenvalue weighted by molar-refractivity contribution is 8.03. The molecule has 1 heterocycles. The Bertz CT molecular complexity index is 1260. The number of hydrogen-bond acceptors (Lipinski definition) is 6. The number of fused-ring (bicyclic) bond motifs is 1. The summed E-state index contributed by atoms with van der Waals surface area (Å²) >= 11 is 0.943. The van der Waals surface area contributed by atoms with Gasteiger partial charge >= 0.3 is 11.9 Å². The standard InChI is InChI=1S/C24H17NO6S/c26-22(27)17-9-5-16(6-10-17)14-30-18-11-7-15(8-12-18)13-21(23(28)29)32-24-25-19-3-1-2-4-20(19)31-24/h1-13H,14H2,(H,26,27)(H,28,29)/b21-13-. The van der Waals surface area contributed by atoms with Gasteiger partial charge in [-0.25, -0.2) is 14.6 Å². The van der Waals surface area contributed by atoms with E-state index in [1.807, 2.05) is 12.1 Å². The molecule has 0 aliphatic rings. The van der Waals surface area contributed by atoms with Crippen LogP contribution in [-0.2, 0) is 11.4 Å². The van der Waals surface area contributed by atoms with Crippen molar-refractivity contribution in [2.45, 2.75) is 11.8 Å². The molecule has 32 heavy (non-hydrogen) atoms. The lowest BCUT2D eigenvalue weighted by molar-refractivity contribution is -0.131. The third kappa shape index (κ3) is 5.16. The van der Waals surface area contributed by atoms with Gasteiger partial charge in [-0.1, -0.05) is 36.4 Å². The summed E-state index contributed by atoms with van der Waals surface area (Å²) in [7, 11) is 0. The van der Waals surface area contributed by atoms with Crippen molar-refractivity contribution in [3.05, 3.63) is 94.4 Å². The van der Waals surface area contributed by atoms with E-state index in [0.717, 1.165) is 17.3 Å². The quantitative estimate of drug-likeness (QED) is 0.276. The van der Waals surface area contributed by atoms with E-state index in [4.69, 9.17) is 14.3 Å². The molecule has 0 radical (unpaired) electrons. The number of oxazole rings is 1. The fraction of sp³-hybridized carbons (Fsp3) is 0.0417. The SMILES string of the molecule is O=C(O)/C(=C/c1ccc(OCc2ccc(C(=O)O)cc2)cc1)Sc1nc2ccccc2o1. The summed E-state index contributed by atoms with van der Waals surface area (Å²) in [6.07, 6.45) is 1.54. The summed E-state index contributed by atoms with van der Waals surface area (Å²) in [5, 5.41) is 18.8. The molecule has 0 fully saturated rings. The van der Waals surface area contributed by atoms with E-state index in [2.05, 4.69) is 4.98 Å². The van der Waals surface area contributed by atoms with Gasteiger partial charge in [0.15, 0.2) is 5.58 Å². The molecule has 4 rings (SSSR count). The molecule has 0 saturated heterocycles. The first kappa shape index (κ1) is 21.2. The number of ether oxygens (including phenoxy) is 1. The monoisotopic (exact) mass is 447 g/mol. The molecule has 0 amide bonds. The second-order valence-electron chi connectivity index (χ2n) is 6.72. The van der Waals surface area contributed by atoms with Crippen molar-refractivity contribution in [3.63, 3.8) is 0 Å². The zero-order chi connectivity index (χ0) is 22.5. The molecule has 3 aromatic carbocycles. The number of aromatic nitrogens is 1. The Labute approximate surface area is 187 Å². The predicted octanol–water partition coefficient (Wildman–Crippen LogP) is 5.32. The third-order valence-corrected chi connectivity index (χ3v) is 5.33. The van der Waals surface area contributed by atoms with Crippen molar-refractivity contribution >= 4 is 40.9 Å². The second kappa shape index (κ2) is 9.40. The van der Waals surface area contributed by atoms with Gasteiger partial charge < -0.3 is 19.4 Å². The molecule has 0 bridgehead atoms. The molecule has 4 aromatic rings. The van der Waals surface area contributed by atoms with Crippen LogP contribution in [0, 0.1) is 0 Å². The number of para-hydroxylation sites is 2. The van der Waals surface area contributed by atoms with Crippen molar-refractivity contribution in [3.8, 4) is 5.75 Å². The maximum Gasteiger partial charge on any atom is 0.342 e. The Morgan fingerprint density at radius 3 is 2.34 bits per heavy atom. The minimum absolute atomic E-state index is 0.0729. The van der Waals surface area contributed by atoms with Gasteiger partial charge in [-0.3, -0.25) is 0 Å². The molecule has 2 N–H and O–H groups in total. The van der Waals surface area contributed by atoms with E-state index in [9.17, 15) is 14.7 Å². The molecule has 0 aliphatic carbocycles. The molecule has 0 atom stereocenters. The average Bonchev–Trinajstić information content (AvgIpc) is 3.21. The van der Waals surface area contributed by atoms with Crippen molar-refractivity contribution in [1.82, 2.24) is 4.98 Å². The minimum Gasteiger partial charge on any atom is -0.489 e. The minimum atomic E-state index is -1.08. The zero-order valence-electron chi connectivity index (χ0n) is 16.6. The van der Waals surface area contributed by atoms with Crippen molar-refractivity contribution in [2.75, 3.05) is 0 Å². The predicted molar refractivity (Wildman–Crippen MR) is 120 cm³/mol. The fourth-order valence-corrected chi connectivity index (χ4v) is 3.59. The van der Waals surface area contributed by atoms with Gasteiger partial charge in [-0.2, -0.15) is 0 Å². The Balaban J connectivity index is 1.42. The number of aliphatic carboxylic acids is 1. The van der Waals surface area contributed by atoms with Crippen LogP contribution in [0.25, 0.3) is 17.2 Å². The second-order valence-corrected chi connectivity index (χ2v) is 7.72. The van der Waals surface area contributed by atoms with E-state index in [-0.39, 0.29) is 22.3 Å². The van der Waals surface area contributed by atoms with E-state index in [1.165, 1.54) is 18.2 Å². The number of hydrogen-bond donors (Lipinski definition) is 2. The lowest BCUT2D eigenvalue weighted by Crippen LogP contribution is -1.99. The summed E-state index contributed by atoms with van der Waals surface area (Å²) in [5.41, 5.74) is 3.00. The van der Waals surface area contributed by atoms with Gasteiger partial charge in [0.2, 0.25) is 0 Å². The van der Waals surface area contributed by atoms with E-state index < -0.39 is 11.9 Å². The van der Waals surface area contributed by atoms with Crippen LogP contribution in [0.2, 0.25) is 0 Å². The molecular weight excluding hydrogens is 430 g/mol. The summed E-state index contributed by atoms with van der Waals surface area (Å²) in [4.78, 5) is 27.0. The Kier molecular flexibility index (Phi) is 6.23. The van der Waals surface area contributed by atoms with Crippen LogP contribution in [0.15, 0.2) is 87.3 Å². The number of rotatable bonds is 8. The maximum atomic E-state index is 11.7. The number of carboxylic acid groups (broad SMARTS) is 2. The van der Waals surface area contributed by atoms with Gasteiger partial charge in [0.1, 0.15) is 22.8 Å². The first-order valence-corrected chi connectivity index (χ1v) is 10.3. The van der Waals surface area contributed by atoms with Crippen molar-refractivity contribution < 1.29 is 29.0 Å². The number of benzene rings is 3. The van der Waals surface area contributed by atoms with Gasteiger partial charge in [-0.15, -0.1) is 0 Å². The first-order valence-electron chi connectivity index (χ1n) is 9.51. The molecule has 0 spiro atoms. The summed E-state index contributed by atoms with van der Waals surface area (Å²) in [5.74, 6) is -1.45. The lowest BCUT2D eigenvalue weighted by Gasteiger charge is -2.07. The molecule has 160 valence electrons. The molecule has 1 aromatic heterocycles. The zero-order valence-corrected chi connectivity index (χ0v) is 17.4. The van der Waals surface area contributed by atoms with E-state index in [0.29, 0.717) is 22.4 Å². The van der Waals surface area contributed by atoms with Crippen molar-refractivity contribution in [2.24, 2.45) is 0 Å². The number of thioether (sulfide) groups is 1. The summed E-state index contributed by atoms with van der Waals surface area (Å²) in [6.45, 7) is 0.281. The Morgan fingerprint density at radius 2 is 1.69 bits per heavy atom. The summed E-state index contributed by atoms with van der Waals surface area (Å²) < 4.78 is 11.3. The van der Waals surface area contributed by atoms with Crippen LogP contribution in [0.5, 0.6) is 5.75 Å². The van der Waals surface area contributed by atoms with Gasteiger partial charge in [-0.05, 0) is 65.4 Å². The lowest BCUT2D eigenvalue weighted by atomic mass is 10.1. The van der Waals surface area contributed by atoms with E-state index >= 15 is 0 Å². The van der Waals surface area contributed by atoms with Crippen LogP contribution in [0.1, 0.15) is 21.5 Å². The number of nitrogens with zero attached hydrogens (tertiary/aromatic N) is 1. The molecular formula is C24H17NO6S. The van der Waals surface area contributed by atoms with Crippen molar-refractivity contribution in [1.29, 1.82) is 0 Å². The first-order chi connectivity index (χ1) is 15.5. The highest BCUT2D eigenvalue weighted by Gasteiger charge is 2.15. The normalized spacial score (nSPS) is 11.4. The van der Waals surface area contributed by atoms with Gasteiger partial charge in [0.05, 0.1) is 5.56 Å². The number of carbonyl (C=O) groups is 2. The largest absolute Gasteiger partial charge is 0.489 e. The Hall–Kier alpha value is -4.04. The third-order valence-electron chi connectivity index (χ3n) is 4.47. The smallest absolute Gasteiger partial charge is 0.342 e. The maximum absolute atomic E-state index is 11.7. The Morgan fingerprint density at radius 1 is 0.969 bits per heavy atom. The molecule has 8 heteroatoms. The number of carboxylic acids is 2. The van der Waals surface area contributed by atoms with Crippen LogP contribution >= 0.6 is 11.8 Å². The fourth-order valence-electron chi connectivity index (χ4n) is 2.85. The van der Waals surface area contributed by atoms with Crippen LogP contribution in [0.4, 0.5) is 0 Å². The topological polar surface area (TPSA) is 110 Å². The van der Waals surface area contributed by atoms with Crippen LogP contribution < -0.4 is 4.74 Å². The number of aromatic carboxylic acids is 1. The van der Waals surface area contributed by atoms with Crippen LogP contribution in [0.3, 0.4) is 0 Å². The molecule has 0 saturated carbocycles. The average molecular weight is 447 g/mol. The van der Waals surface area contributed by atoms with Gasteiger partial charge in [0, 0.05) is 0 Å². The highest BCUT2D eigenvalue weighted by atomic mass is 32.2. The molecule has 0 aliphatic heterocycles. The highest BCUT2D eigenvalue weighted by Crippen LogP contribution is 2.31. The molecule has 0 unspecified atom stereocenters. The van der Waals surface area contributed by atoms with E-state index in [1.54, 1.807) is 48.5 Å². The molecule has 7 nitrogen and oxygen atoms in total. The van der Waals surface area contributed by atoms with Crippen LogP contribution in [-0.4, -0.2) is 27.1 Å². The van der Waals surface area contributed by atoms with Gasteiger partial charge in [0.25, 0.3) is 5.22 Å².